The maximum atomic E-state index is 13.0. The van der Waals surface area contributed by atoms with Crippen molar-refractivity contribution in [2.45, 2.75) is 52.1 Å². The van der Waals surface area contributed by atoms with Crippen LogP contribution in [-0.2, 0) is 19.1 Å². The Kier molecular flexibility index (Phi) is 6.36. The van der Waals surface area contributed by atoms with Crippen LogP contribution >= 0.6 is 0 Å². The lowest BCUT2D eigenvalue weighted by Gasteiger charge is -2.38. The molecule has 9 heteroatoms. The van der Waals surface area contributed by atoms with Crippen molar-refractivity contribution in [1.82, 2.24) is 10.2 Å². The first kappa shape index (κ1) is 21.1. The topological polar surface area (TPSA) is 84.9 Å². The first-order valence-electron chi connectivity index (χ1n) is 8.03. The first-order chi connectivity index (χ1) is 11.3. The van der Waals surface area contributed by atoms with Crippen LogP contribution in [0.25, 0.3) is 0 Å². The summed E-state index contributed by atoms with van der Waals surface area (Å²) in [5.41, 5.74) is -2.25. The van der Waals surface area contributed by atoms with E-state index in [1.807, 2.05) is 0 Å². The molecule has 1 heterocycles. The summed E-state index contributed by atoms with van der Waals surface area (Å²) in [4.78, 5) is 38.0. The monoisotopic (exact) mass is 364 g/mol. The second-order valence-corrected chi connectivity index (χ2v) is 7.29. The zero-order valence-corrected chi connectivity index (χ0v) is 15.3. The van der Waals surface area contributed by atoms with Crippen LogP contribution in [0.5, 0.6) is 0 Å². The van der Waals surface area contributed by atoms with Crippen LogP contribution in [0.15, 0.2) is 0 Å². The van der Waals surface area contributed by atoms with Gasteiger partial charge < -0.3 is 19.7 Å². The fraction of sp³-hybridized carbons (Fsp3) is 0.812. The number of carbonyl (C=O) groups excluding carboxylic acids is 3. The molecule has 1 rings (SSSR count). The number of halogens is 2. The third kappa shape index (κ3) is 5.82. The lowest BCUT2D eigenvalue weighted by atomic mass is 9.77. The molecule has 0 unspecified atom stereocenters. The predicted octanol–water partition coefficient (Wildman–Crippen LogP) is 1.95. The zero-order chi connectivity index (χ0) is 19.5. The highest BCUT2D eigenvalue weighted by molar-refractivity contribution is 6.03. The second-order valence-electron chi connectivity index (χ2n) is 7.29. The highest BCUT2D eigenvalue weighted by Crippen LogP contribution is 2.34. The van der Waals surface area contributed by atoms with E-state index in [-0.39, 0.29) is 25.9 Å². The molecule has 0 bridgehead atoms. The molecule has 0 aliphatic carbocycles. The number of nitrogens with one attached hydrogen (secondary N) is 1. The zero-order valence-electron chi connectivity index (χ0n) is 15.3. The number of carbonyl (C=O) groups is 3. The number of esters is 1. The highest BCUT2D eigenvalue weighted by Gasteiger charge is 2.50. The van der Waals surface area contributed by atoms with Crippen LogP contribution in [0.2, 0.25) is 0 Å². The number of amides is 2. The molecule has 0 aromatic heterocycles. The van der Waals surface area contributed by atoms with E-state index in [0.29, 0.717) is 6.92 Å². The van der Waals surface area contributed by atoms with Gasteiger partial charge in [0.15, 0.2) is 0 Å². The van der Waals surface area contributed by atoms with Crippen molar-refractivity contribution in [3.8, 4) is 0 Å². The van der Waals surface area contributed by atoms with E-state index in [0.717, 1.165) is 7.11 Å². The smallest absolute Gasteiger partial charge is 0.410 e. The maximum absolute atomic E-state index is 13.0. The van der Waals surface area contributed by atoms with Crippen LogP contribution < -0.4 is 5.32 Å². The number of hydrogen-bond donors (Lipinski definition) is 1. The van der Waals surface area contributed by atoms with E-state index in [1.54, 1.807) is 20.8 Å². The summed E-state index contributed by atoms with van der Waals surface area (Å²) in [5.74, 6) is -4.71. The molecule has 0 radical (unpaired) electrons. The van der Waals surface area contributed by atoms with Gasteiger partial charge in [0.1, 0.15) is 11.0 Å². The van der Waals surface area contributed by atoms with E-state index < -0.39 is 41.5 Å². The standard InChI is InChI=1S/C16H26F2N2O5/c1-14(2,3)25-13(23)20-8-6-16(7-9-20,12(22)24-5)11(21)19-10-15(4,17)18/h6-10H2,1-5H3,(H,19,21). The largest absolute Gasteiger partial charge is 0.468 e. The number of piperidine rings is 1. The Hall–Kier alpha value is -1.93. The van der Waals surface area contributed by atoms with Crippen molar-refractivity contribution in [3.63, 3.8) is 0 Å². The van der Waals surface area contributed by atoms with Crippen LogP contribution in [0.4, 0.5) is 13.6 Å². The minimum absolute atomic E-state index is 0.0277. The summed E-state index contributed by atoms with van der Waals surface area (Å²) in [6.07, 6.45) is -0.605. The molecular formula is C16H26F2N2O5. The van der Waals surface area contributed by atoms with Gasteiger partial charge in [-0.05, 0) is 33.6 Å². The van der Waals surface area contributed by atoms with Crippen molar-refractivity contribution in [2.24, 2.45) is 5.41 Å². The Morgan fingerprint density at radius 2 is 1.64 bits per heavy atom. The molecule has 0 saturated carbocycles. The number of rotatable bonds is 4. The molecule has 1 aliphatic heterocycles. The number of alkyl halides is 2. The SMILES string of the molecule is COC(=O)C1(C(=O)NCC(C)(F)F)CCN(C(=O)OC(C)(C)C)CC1. The van der Waals surface area contributed by atoms with Gasteiger partial charge in [-0.2, -0.15) is 0 Å². The number of likely N-dealkylation sites (tertiary alicyclic amines) is 1. The Bertz CT molecular complexity index is 518. The van der Waals surface area contributed by atoms with Gasteiger partial charge in [-0.3, -0.25) is 9.59 Å². The fourth-order valence-electron chi connectivity index (χ4n) is 2.52. The van der Waals surface area contributed by atoms with Crippen LogP contribution in [0, 0.1) is 5.41 Å². The maximum Gasteiger partial charge on any atom is 0.410 e. The Balaban J connectivity index is 2.82. The molecule has 144 valence electrons. The molecule has 0 spiro atoms. The van der Waals surface area contributed by atoms with Crippen molar-refractivity contribution in [2.75, 3.05) is 26.7 Å². The van der Waals surface area contributed by atoms with Gasteiger partial charge in [0.25, 0.3) is 5.92 Å². The van der Waals surface area contributed by atoms with E-state index in [4.69, 9.17) is 9.47 Å². The molecule has 1 saturated heterocycles. The lowest BCUT2D eigenvalue weighted by molar-refractivity contribution is -0.163. The van der Waals surface area contributed by atoms with Crippen LogP contribution in [0.1, 0.15) is 40.5 Å². The number of ether oxygens (including phenoxy) is 2. The summed E-state index contributed by atoms with van der Waals surface area (Å²) in [7, 11) is 1.13. The molecule has 25 heavy (non-hydrogen) atoms. The van der Waals surface area contributed by atoms with Crippen molar-refractivity contribution >= 4 is 18.0 Å². The average molecular weight is 364 g/mol. The second kappa shape index (κ2) is 7.53. The molecular weight excluding hydrogens is 338 g/mol. The molecule has 0 aromatic rings. The van der Waals surface area contributed by atoms with Crippen molar-refractivity contribution < 1.29 is 32.6 Å². The molecule has 7 nitrogen and oxygen atoms in total. The van der Waals surface area contributed by atoms with E-state index >= 15 is 0 Å². The molecule has 2 amide bonds. The predicted molar refractivity (Wildman–Crippen MR) is 85.1 cm³/mol. The molecule has 1 aliphatic rings. The number of methoxy groups -OCH3 is 1. The van der Waals surface area contributed by atoms with E-state index in [9.17, 15) is 23.2 Å². The molecule has 1 N–H and O–H groups in total. The van der Waals surface area contributed by atoms with Crippen LogP contribution in [-0.4, -0.2) is 61.1 Å². The van der Waals surface area contributed by atoms with Crippen molar-refractivity contribution in [3.05, 3.63) is 0 Å². The highest BCUT2D eigenvalue weighted by atomic mass is 19.3. The minimum Gasteiger partial charge on any atom is -0.468 e. The summed E-state index contributed by atoms with van der Waals surface area (Å²) >= 11 is 0. The summed E-state index contributed by atoms with van der Waals surface area (Å²) in [6, 6.07) is 0. The van der Waals surface area contributed by atoms with Gasteiger partial charge in [-0.25, -0.2) is 13.6 Å². The summed E-state index contributed by atoms with van der Waals surface area (Å²) in [5, 5.41) is 2.11. The lowest BCUT2D eigenvalue weighted by Crippen LogP contribution is -2.55. The van der Waals surface area contributed by atoms with Gasteiger partial charge in [-0.15, -0.1) is 0 Å². The first-order valence-corrected chi connectivity index (χ1v) is 8.03. The van der Waals surface area contributed by atoms with E-state index in [2.05, 4.69) is 5.32 Å². The minimum atomic E-state index is -3.09. The van der Waals surface area contributed by atoms with Gasteiger partial charge in [0.05, 0.1) is 13.7 Å². The van der Waals surface area contributed by atoms with Crippen molar-refractivity contribution in [1.29, 1.82) is 0 Å². The summed E-state index contributed by atoms with van der Waals surface area (Å²) in [6.45, 7) is 5.15. The number of nitrogens with zero attached hydrogens (tertiary/aromatic N) is 1. The fourth-order valence-corrected chi connectivity index (χ4v) is 2.52. The van der Waals surface area contributed by atoms with Crippen LogP contribution in [0.3, 0.4) is 0 Å². The molecule has 0 atom stereocenters. The molecule has 0 aromatic carbocycles. The molecule has 1 fully saturated rings. The Labute approximate surface area is 146 Å². The Morgan fingerprint density at radius 1 is 1.12 bits per heavy atom. The normalized spacial score (nSPS) is 17.6. The summed E-state index contributed by atoms with van der Waals surface area (Å²) < 4.78 is 35.9. The van der Waals surface area contributed by atoms with Gasteiger partial charge >= 0.3 is 12.1 Å². The van der Waals surface area contributed by atoms with Gasteiger partial charge in [0.2, 0.25) is 5.91 Å². The Morgan fingerprint density at radius 3 is 2.04 bits per heavy atom. The quantitative estimate of drug-likeness (QED) is 0.609. The van der Waals surface area contributed by atoms with E-state index in [1.165, 1.54) is 4.90 Å². The number of hydrogen-bond acceptors (Lipinski definition) is 5. The average Bonchev–Trinajstić information content (AvgIpc) is 2.49. The van der Waals surface area contributed by atoms with Gasteiger partial charge in [0, 0.05) is 20.0 Å². The third-order valence-corrected chi connectivity index (χ3v) is 3.84. The third-order valence-electron chi connectivity index (χ3n) is 3.84. The van der Waals surface area contributed by atoms with Gasteiger partial charge in [-0.1, -0.05) is 0 Å².